The summed E-state index contributed by atoms with van der Waals surface area (Å²) in [5.74, 6) is -0.593. The lowest BCUT2D eigenvalue weighted by atomic mass is 10.0. The number of unbranched alkanes of at least 4 members (excludes halogenated alkanes) is 32. The molecule has 0 saturated carbocycles. The van der Waals surface area contributed by atoms with Crippen LogP contribution in [0.2, 0.25) is 0 Å². The van der Waals surface area contributed by atoms with Gasteiger partial charge in [-0.15, -0.1) is 0 Å². The minimum Gasteiger partial charge on any atom is -0.462 e. The van der Waals surface area contributed by atoms with Crippen LogP contribution in [0.4, 0.5) is 0 Å². The summed E-state index contributed by atoms with van der Waals surface area (Å²) < 4.78 is 10.7. The van der Waals surface area contributed by atoms with E-state index in [2.05, 4.69) is 62.5 Å². The SMILES string of the molecule is CC/C=C\C/C=C\C/C=C\CCCCCCCCCC(=O)OC(CO)COC(=O)CCCCCCCCCCCCCCCCCCC/C=C\CCCCCCCCCC. The summed E-state index contributed by atoms with van der Waals surface area (Å²) >= 11 is 0. The number of carbonyl (C=O) groups excluding carboxylic acids is 2. The van der Waals surface area contributed by atoms with E-state index >= 15 is 0 Å². The highest BCUT2D eigenvalue weighted by Gasteiger charge is 2.16. The molecule has 1 unspecified atom stereocenters. The van der Waals surface area contributed by atoms with Crippen molar-refractivity contribution in [3.8, 4) is 0 Å². The van der Waals surface area contributed by atoms with E-state index in [1.807, 2.05) is 0 Å². The molecule has 0 aromatic rings. The topological polar surface area (TPSA) is 72.8 Å². The maximum Gasteiger partial charge on any atom is 0.306 e. The zero-order valence-corrected chi connectivity index (χ0v) is 40.0. The first-order valence-electron chi connectivity index (χ1n) is 26.2. The first-order valence-corrected chi connectivity index (χ1v) is 26.2. The van der Waals surface area contributed by atoms with Crippen molar-refractivity contribution in [2.24, 2.45) is 0 Å². The van der Waals surface area contributed by atoms with Gasteiger partial charge < -0.3 is 14.6 Å². The first kappa shape index (κ1) is 57.9. The van der Waals surface area contributed by atoms with Crippen molar-refractivity contribution < 1.29 is 24.2 Å². The van der Waals surface area contributed by atoms with Crippen molar-refractivity contribution in [1.82, 2.24) is 0 Å². The molecule has 0 aromatic carbocycles. The summed E-state index contributed by atoms with van der Waals surface area (Å²) in [5, 5.41) is 9.62. The zero-order chi connectivity index (χ0) is 43.5. The summed E-state index contributed by atoms with van der Waals surface area (Å²) in [6.07, 6.45) is 66.5. The van der Waals surface area contributed by atoms with Gasteiger partial charge in [0.15, 0.2) is 6.10 Å². The Morgan fingerprint density at radius 3 is 1.10 bits per heavy atom. The van der Waals surface area contributed by atoms with E-state index < -0.39 is 6.10 Å². The normalized spacial score (nSPS) is 12.5. The molecular weight excluding hydrogens is 741 g/mol. The zero-order valence-electron chi connectivity index (χ0n) is 40.0. The van der Waals surface area contributed by atoms with Gasteiger partial charge in [0.1, 0.15) is 6.61 Å². The van der Waals surface area contributed by atoms with Crippen LogP contribution in [0.1, 0.15) is 271 Å². The predicted octanol–water partition coefficient (Wildman–Crippen LogP) is 17.3. The van der Waals surface area contributed by atoms with Gasteiger partial charge in [0.2, 0.25) is 0 Å². The quantitative estimate of drug-likeness (QED) is 0.0375. The fourth-order valence-electron chi connectivity index (χ4n) is 7.68. The van der Waals surface area contributed by atoms with Crippen LogP contribution >= 0.6 is 0 Å². The molecule has 1 N–H and O–H groups in total. The average molecular weight is 841 g/mol. The Morgan fingerprint density at radius 2 is 0.717 bits per heavy atom. The van der Waals surface area contributed by atoms with Crippen LogP contribution < -0.4 is 0 Å². The van der Waals surface area contributed by atoms with Crippen molar-refractivity contribution >= 4 is 11.9 Å². The number of ether oxygens (including phenoxy) is 2. The molecule has 0 aromatic heterocycles. The molecule has 0 spiro atoms. The largest absolute Gasteiger partial charge is 0.462 e. The number of hydrogen-bond acceptors (Lipinski definition) is 5. The van der Waals surface area contributed by atoms with Crippen LogP contribution in [0.3, 0.4) is 0 Å². The molecule has 0 aliphatic carbocycles. The molecule has 5 heteroatoms. The molecule has 5 nitrogen and oxygen atoms in total. The smallest absolute Gasteiger partial charge is 0.306 e. The number of aliphatic hydroxyl groups is 1. The highest BCUT2D eigenvalue weighted by atomic mass is 16.6. The van der Waals surface area contributed by atoms with E-state index in [1.165, 1.54) is 180 Å². The molecule has 350 valence electrons. The standard InChI is InChI=1S/C55H100O5/c1-3-5-7-9-11-13-15-17-19-21-22-23-24-25-26-27-28-29-30-31-32-34-35-37-39-41-43-45-47-49-54(57)59-52-53(51-56)60-55(58)50-48-46-44-42-40-38-36-33-20-18-16-14-12-10-8-6-4-2/h6,8,12,14,18,20-22,53,56H,3-5,7,9-11,13,15-17,19,23-52H2,1-2H3/b8-6-,14-12-,20-18-,22-21-. The van der Waals surface area contributed by atoms with E-state index in [4.69, 9.17) is 9.47 Å². The number of esters is 2. The van der Waals surface area contributed by atoms with Gasteiger partial charge in [-0.25, -0.2) is 0 Å². The Balaban J connectivity index is 3.44. The van der Waals surface area contributed by atoms with Crippen LogP contribution in [0.25, 0.3) is 0 Å². The highest BCUT2D eigenvalue weighted by Crippen LogP contribution is 2.16. The van der Waals surface area contributed by atoms with Crippen molar-refractivity contribution in [2.45, 2.75) is 277 Å². The molecule has 0 bridgehead atoms. The summed E-state index contributed by atoms with van der Waals surface area (Å²) in [6.45, 7) is 4.05. The van der Waals surface area contributed by atoms with Crippen LogP contribution in [0, 0.1) is 0 Å². The van der Waals surface area contributed by atoms with Gasteiger partial charge in [0.25, 0.3) is 0 Å². The van der Waals surface area contributed by atoms with Gasteiger partial charge in [0, 0.05) is 12.8 Å². The number of aliphatic hydroxyl groups excluding tert-OH is 1. The van der Waals surface area contributed by atoms with Crippen molar-refractivity contribution in [3.05, 3.63) is 48.6 Å². The minimum atomic E-state index is -0.777. The molecule has 0 radical (unpaired) electrons. The number of rotatable bonds is 48. The van der Waals surface area contributed by atoms with E-state index in [-0.39, 0.29) is 25.2 Å². The van der Waals surface area contributed by atoms with Gasteiger partial charge in [-0.1, -0.05) is 236 Å². The maximum atomic E-state index is 12.2. The molecule has 0 fully saturated rings. The van der Waals surface area contributed by atoms with Gasteiger partial charge in [-0.3, -0.25) is 9.59 Å². The van der Waals surface area contributed by atoms with Crippen LogP contribution in [0.5, 0.6) is 0 Å². The minimum absolute atomic E-state index is 0.0681. The summed E-state index contributed by atoms with van der Waals surface area (Å²) in [4.78, 5) is 24.4. The van der Waals surface area contributed by atoms with Crippen LogP contribution in [0.15, 0.2) is 48.6 Å². The summed E-state index contributed by atoms with van der Waals surface area (Å²) in [6, 6.07) is 0. The molecule has 0 saturated heterocycles. The molecule has 0 aliphatic rings. The molecule has 0 heterocycles. The second-order valence-corrected chi connectivity index (χ2v) is 17.6. The van der Waals surface area contributed by atoms with E-state index in [1.54, 1.807) is 0 Å². The maximum absolute atomic E-state index is 12.2. The monoisotopic (exact) mass is 841 g/mol. The number of carbonyl (C=O) groups is 2. The third-order valence-electron chi connectivity index (χ3n) is 11.6. The summed E-state index contributed by atoms with van der Waals surface area (Å²) in [5.41, 5.74) is 0. The molecule has 0 rings (SSSR count). The van der Waals surface area contributed by atoms with Crippen molar-refractivity contribution in [2.75, 3.05) is 13.2 Å². The Morgan fingerprint density at radius 1 is 0.400 bits per heavy atom. The third-order valence-corrected chi connectivity index (χ3v) is 11.6. The highest BCUT2D eigenvalue weighted by molar-refractivity contribution is 5.70. The second kappa shape index (κ2) is 51.2. The predicted molar refractivity (Wildman–Crippen MR) is 261 cm³/mol. The Kier molecular flexibility index (Phi) is 49.4. The molecular formula is C55H100O5. The lowest BCUT2D eigenvalue weighted by Gasteiger charge is -2.15. The first-order chi connectivity index (χ1) is 29.6. The molecule has 0 amide bonds. The lowest BCUT2D eigenvalue weighted by molar-refractivity contribution is -0.161. The third kappa shape index (κ3) is 48.5. The van der Waals surface area contributed by atoms with Gasteiger partial charge in [-0.05, 0) is 70.6 Å². The summed E-state index contributed by atoms with van der Waals surface area (Å²) in [7, 11) is 0. The number of hydrogen-bond donors (Lipinski definition) is 1. The van der Waals surface area contributed by atoms with E-state index in [9.17, 15) is 14.7 Å². The van der Waals surface area contributed by atoms with Crippen molar-refractivity contribution in [3.63, 3.8) is 0 Å². The van der Waals surface area contributed by atoms with Crippen LogP contribution in [-0.4, -0.2) is 36.4 Å². The Bertz CT molecular complexity index is 997. The molecule has 0 aliphatic heterocycles. The lowest BCUT2D eigenvalue weighted by Crippen LogP contribution is -2.28. The fraction of sp³-hybridized carbons (Fsp3) is 0.818. The second-order valence-electron chi connectivity index (χ2n) is 17.6. The Hall–Kier alpha value is -2.14. The molecule has 60 heavy (non-hydrogen) atoms. The number of allylic oxidation sites excluding steroid dienone is 8. The van der Waals surface area contributed by atoms with Gasteiger partial charge in [0.05, 0.1) is 6.61 Å². The average Bonchev–Trinajstić information content (AvgIpc) is 3.25. The van der Waals surface area contributed by atoms with Crippen LogP contribution in [-0.2, 0) is 19.1 Å². The van der Waals surface area contributed by atoms with Crippen molar-refractivity contribution in [1.29, 1.82) is 0 Å². The Labute approximate surface area is 373 Å². The van der Waals surface area contributed by atoms with Gasteiger partial charge in [-0.2, -0.15) is 0 Å². The van der Waals surface area contributed by atoms with E-state index in [0.29, 0.717) is 12.8 Å². The fourth-order valence-corrected chi connectivity index (χ4v) is 7.68. The van der Waals surface area contributed by atoms with E-state index in [0.717, 1.165) is 64.2 Å². The van der Waals surface area contributed by atoms with Gasteiger partial charge >= 0.3 is 11.9 Å². The molecule has 1 atom stereocenters.